The van der Waals surface area contributed by atoms with Gasteiger partial charge in [-0.3, -0.25) is 4.79 Å². The van der Waals surface area contributed by atoms with Gasteiger partial charge in [0.2, 0.25) is 5.79 Å². The van der Waals surface area contributed by atoms with Crippen LogP contribution in [0.15, 0.2) is 5.76 Å². The molecular formula is C7H9BrO3Zn. The Morgan fingerprint density at radius 3 is 2.25 bits per heavy atom. The Morgan fingerprint density at radius 1 is 1.42 bits per heavy atom. The number of carbonyl (C=O) groups is 1. The van der Waals surface area contributed by atoms with E-state index >= 15 is 0 Å². The standard InChI is InChI=1S/C7H9O3.BrH.Zn/c1-5-4-6(8)10-7(2,3)9-5;;/h1-3H3;1H;/q-1;;+2/p-1. The molecule has 0 N–H and O–H groups in total. The van der Waals surface area contributed by atoms with Gasteiger partial charge in [-0.2, -0.15) is 0 Å². The van der Waals surface area contributed by atoms with Crippen molar-refractivity contribution in [1.82, 2.24) is 0 Å². The molecule has 0 aromatic rings. The number of allylic oxidation sites excluding steroid dienone is 1. The minimum atomic E-state index is -0.827. The van der Waals surface area contributed by atoms with Crippen LogP contribution < -0.4 is 0 Å². The van der Waals surface area contributed by atoms with Gasteiger partial charge in [0, 0.05) is 13.8 Å². The number of hydrogen-bond donors (Lipinski definition) is 0. The topological polar surface area (TPSA) is 35.5 Å². The summed E-state index contributed by atoms with van der Waals surface area (Å²) in [6.07, 6.45) is 2.37. The zero-order valence-corrected chi connectivity index (χ0v) is 11.9. The van der Waals surface area contributed by atoms with Crippen LogP contribution in [-0.4, -0.2) is 11.8 Å². The van der Waals surface area contributed by atoms with Gasteiger partial charge in [-0.15, -0.1) is 0 Å². The summed E-state index contributed by atoms with van der Waals surface area (Å²) in [4.78, 5) is 10.7. The second-order valence-electron chi connectivity index (χ2n) is 2.57. The summed E-state index contributed by atoms with van der Waals surface area (Å²) < 4.78 is 9.86. The van der Waals surface area contributed by atoms with Gasteiger partial charge in [0.15, 0.2) is 5.97 Å². The van der Waals surface area contributed by atoms with E-state index in [0.29, 0.717) is 5.76 Å². The van der Waals surface area contributed by atoms with Crippen molar-refractivity contribution in [3.63, 3.8) is 0 Å². The van der Waals surface area contributed by atoms with Crippen LogP contribution in [0, 0.1) is 6.08 Å². The predicted octanol–water partition coefficient (Wildman–Crippen LogP) is 1.85. The van der Waals surface area contributed by atoms with Crippen molar-refractivity contribution in [1.29, 1.82) is 0 Å². The Balaban J connectivity index is 0.000000561. The molecule has 1 aliphatic rings. The number of cyclic esters (lactones) is 1. The van der Waals surface area contributed by atoms with Gasteiger partial charge in [-0.05, 0) is 6.92 Å². The van der Waals surface area contributed by atoms with Crippen molar-refractivity contribution >= 4 is 19.6 Å². The first-order valence-electron chi connectivity index (χ1n) is 3.29. The second-order valence-corrected chi connectivity index (χ2v) is 2.57. The van der Waals surface area contributed by atoms with Crippen molar-refractivity contribution in [3.05, 3.63) is 11.8 Å². The fraction of sp³-hybridized carbons (Fsp3) is 0.571. The van der Waals surface area contributed by atoms with Gasteiger partial charge in [0.25, 0.3) is 0 Å². The SMILES string of the molecule is CC1=[C-]C(=O)OC(C)(C)O1.[Zn+][Br]. The fourth-order valence-corrected chi connectivity index (χ4v) is 0.808. The van der Waals surface area contributed by atoms with Crippen LogP contribution in [0.3, 0.4) is 0 Å². The molecule has 0 saturated carbocycles. The Kier molecular flexibility index (Phi) is 5.02. The second kappa shape index (κ2) is 4.98. The van der Waals surface area contributed by atoms with Gasteiger partial charge >= 0.3 is 30.0 Å². The molecule has 0 radical (unpaired) electrons. The van der Waals surface area contributed by atoms with Crippen molar-refractivity contribution < 1.29 is 30.6 Å². The van der Waals surface area contributed by atoms with Crippen LogP contribution in [0.1, 0.15) is 20.8 Å². The van der Waals surface area contributed by atoms with E-state index in [1.54, 1.807) is 20.8 Å². The molecule has 0 aromatic carbocycles. The maximum absolute atomic E-state index is 10.7. The molecule has 0 spiro atoms. The molecule has 0 aliphatic carbocycles. The van der Waals surface area contributed by atoms with E-state index in [-0.39, 0.29) is 0 Å². The van der Waals surface area contributed by atoms with E-state index in [2.05, 4.69) is 19.7 Å². The van der Waals surface area contributed by atoms with E-state index in [0.717, 1.165) is 0 Å². The summed E-state index contributed by atoms with van der Waals surface area (Å²) in [6, 6.07) is 0. The van der Waals surface area contributed by atoms with E-state index in [4.69, 9.17) is 9.47 Å². The minimum absolute atomic E-state index is 0.464. The van der Waals surface area contributed by atoms with Crippen molar-refractivity contribution in [2.45, 2.75) is 26.6 Å². The molecule has 0 amide bonds. The molecule has 64 valence electrons. The molecule has 5 heteroatoms. The van der Waals surface area contributed by atoms with Gasteiger partial charge in [0.1, 0.15) is 0 Å². The molecule has 1 aliphatic heterocycles. The van der Waals surface area contributed by atoms with Crippen molar-refractivity contribution in [3.8, 4) is 0 Å². The maximum atomic E-state index is 10.7. The number of halogens is 1. The van der Waals surface area contributed by atoms with Crippen LogP contribution in [0.5, 0.6) is 0 Å². The quantitative estimate of drug-likeness (QED) is 0.387. The molecule has 0 saturated heterocycles. The summed E-state index contributed by atoms with van der Waals surface area (Å²) in [5.41, 5.74) is 0. The third-order valence-corrected chi connectivity index (χ3v) is 1.02. The number of ether oxygens (including phenoxy) is 2. The monoisotopic (exact) mass is 284 g/mol. The first kappa shape index (κ1) is 12.1. The van der Waals surface area contributed by atoms with Gasteiger partial charge < -0.3 is 15.5 Å². The molecular weight excluding hydrogens is 277 g/mol. The predicted molar refractivity (Wildman–Crippen MR) is 42.6 cm³/mol. The summed E-state index contributed by atoms with van der Waals surface area (Å²) in [6.45, 7) is 5.02. The molecule has 0 bridgehead atoms. The van der Waals surface area contributed by atoms with Gasteiger partial charge in [-0.25, -0.2) is 0 Å². The van der Waals surface area contributed by atoms with E-state index in [9.17, 15) is 4.79 Å². The molecule has 3 nitrogen and oxygen atoms in total. The van der Waals surface area contributed by atoms with Crippen LogP contribution in [-0.2, 0) is 30.6 Å². The molecule has 0 unspecified atom stereocenters. The number of rotatable bonds is 0. The molecule has 0 atom stereocenters. The van der Waals surface area contributed by atoms with Gasteiger partial charge in [-0.1, -0.05) is 5.76 Å². The normalized spacial score (nSPS) is 19.5. The zero-order chi connectivity index (χ0) is 9.78. The number of hydrogen-bond acceptors (Lipinski definition) is 3. The van der Waals surface area contributed by atoms with E-state index in [1.165, 1.54) is 16.3 Å². The average molecular weight is 286 g/mol. The third-order valence-electron chi connectivity index (χ3n) is 1.02. The van der Waals surface area contributed by atoms with Gasteiger partial charge in [0.05, 0.1) is 0 Å². The Morgan fingerprint density at radius 2 is 1.92 bits per heavy atom. The fourth-order valence-electron chi connectivity index (χ4n) is 0.808. The molecule has 0 aromatic heterocycles. The van der Waals surface area contributed by atoms with Crippen LogP contribution >= 0.6 is 13.6 Å². The van der Waals surface area contributed by atoms with E-state index in [1.807, 2.05) is 0 Å². The number of esters is 1. The summed E-state index contributed by atoms with van der Waals surface area (Å²) in [7, 11) is 0. The number of carbonyl (C=O) groups excluding carboxylic acids is 1. The van der Waals surface area contributed by atoms with E-state index < -0.39 is 11.8 Å². The van der Waals surface area contributed by atoms with Crippen molar-refractivity contribution in [2.75, 3.05) is 0 Å². The first-order chi connectivity index (χ1) is 5.49. The Hall–Kier alpha value is 0.113. The summed E-state index contributed by atoms with van der Waals surface area (Å²) >= 11 is 4.25. The zero-order valence-electron chi connectivity index (χ0n) is 7.31. The molecule has 0 fully saturated rings. The van der Waals surface area contributed by atoms with Crippen LogP contribution in [0.4, 0.5) is 0 Å². The Labute approximate surface area is 88.5 Å². The third kappa shape index (κ3) is 4.22. The van der Waals surface area contributed by atoms with Crippen molar-refractivity contribution in [2.24, 2.45) is 0 Å². The molecule has 12 heavy (non-hydrogen) atoms. The summed E-state index contributed by atoms with van der Waals surface area (Å²) in [5.74, 6) is -0.818. The molecule has 1 rings (SSSR count). The summed E-state index contributed by atoms with van der Waals surface area (Å²) in [5, 5.41) is 0. The Bertz CT molecular complexity index is 201. The molecule has 1 heterocycles. The van der Waals surface area contributed by atoms with Crippen LogP contribution in [0.25, 0.3) is 0 Å². The first-order valence-corrected chi connectivity index (χ1v) is 10.2. The average Bonchev–Trinajstić information content (AvgIpc) is 1.85. The van der Waals surface area contributed by atoms with Crippen LogP contribution in [0.2, 0.25) is 0 Å².